The Bertz CT molecular complexity index is 553. The van der Waals surface area contributed by atoms with E-state index in [1.54, 1.807) is 24.3 Å². The first-order chi connectivity index (χ1) is 8.94. The highest BCUT2D eigenvalue weighted by atomic mass is 16.2. The molecule has 0 atom stereocenters. The number of carbonyl (C=O) groups excluding carboxylic acids is 1. The van der Waals surface area contributed by atoms with Crippen molar-refractivity contribution in [3.63, 3.8) is 0 Å². The van der Waals surface area contributed by atoms with Crippen molar-refractivity contribution in [1.29, 1.82) is 0 Å². The van der Waals surface area contributed by atoms with Crippen molar-refractivity contribution in [3.8, 4) is 0 Å². The molecule has 0 spiro atoms. The first-order valence-electron chi connectivity index (χ1n) is 6.46. The van der Waals surface area contributed by atoms with Gasteiger partial charge in [-0.2, -0.15) is 4.58 Å². The third-order valence-electron chi connectivity index (χ3n) is 3.45. The smallest absolute Gasteiger partial charge is 0.255 e. The van der Waals surface area contributed by atoms with Gasteiger partial charge in [-0.1, -0.05) is 50.4 Å². The highest BCUT2D eigenvalue weighted by Crippen LogP contribution is 2.29. The summed E-state index contributed by atoms with van der Waals surface area (Å²) in [7, 11) is 0. The molecule has 3 heteroatoms. The van der Waals surface area contributed by atoms with E-state index >= 15 is 0 Å². The van der Waals surface area contributed by atoms with Crippen LogP contribution in [0.4, 0.5) is 0 Å². The molecular weight excluding hydrogens is 238 g/mol. The fourth-order valence-corrected chi connectivity index (χ4v) is 2.67. The number of allylic oxidation sites excluding steroid dienone is 1. The maximum atomic E-state index is 12.4. The van der Waals surface area contributed by atoms with Crippen molar-refractivity contribution in [3.05, 3.63) is 47.9 Å². The summed E-state index contributed by atoms with van der Waals surface area (Å²) in [6, 6.07) is 8.94. The van der Waals surface area contributed by atoms with Crippen molar-refractivity contribution >= 4 is 11.5 Å². The molecule has 1 aromatic rings. The summed E-state index contributed by atoms with van der Waals surface area (Å²) in [6.07, 6.45) is 1.59. The zero-order valence-corrected chi connectivity index (χ0v) is 11.6. The molecule has 0 fully saturated rings. The third kappa shape index (κ3) is 2.75. The van der Waals surface area contributed by atoms with Gasteiger partial charge >= 0.3 is 0 Å². The topological polar surface area (TPSA) is 43.1 Å². The minimum absolute atomic E-state index is 0.106. The van der Waals surface area contributed by atoms with Gasteiger partial charge in [-0.25, -0.2) is 0 Å². The molecule has 1 heterocycles. The van der Waals surface area contributed by atoms with Crippen molar-refractivity contribution in [2.75, 3.05) is 6.54 Å². The Balaban J connectivity index is 2.33. The fraction of sp³-hybridized carbons (Fsp3) is 0.375. The molecule has 2 rings (SSSR count). The normalized spacial score (nSPS) is 18.8. The summed E-state index contributed by atoms with van der Waals surface area (Å²) in [5.74, 6) is -0.201. The van der Waals surface area contributed by atoms with Gasteiger partial charge in [0.05, 0.1) is 0 Å². The molecule has 1 aliphatic rings. The van der Waals surface area contributed by atoms with Crippen molar-refractivity contribution < 1.29 is 14.5 Å². The van der Waals surface area contributed by atoms with Crippen LogP contribution in [0, 0.1) is 5.41 Å². The maximum absolute atomic E-state index is 12.4. The van der Waals surface area contributed by atoms with Gasteiger partial charge in [0.2, 0.25) is 5.70 Å². The molecule has 1 aromatic carbocycles. The number of hydrogen-bond donors (Lipinski definition) is 0. The zero-order valence-electron chi connectivity index (χ0n) is 11.6. The Morgan fingerprint density at radius 2 is 1.95 bits per heavy atom. The standard InChI is InChI=1S/C16H19NO2/c1-12-9-16(2,3)11-17(12)14(10-18)15(19)13-7-5-4-6-8-13/h4-8,10H,9,11H2,1-3H3. The van der Waals surface area contributed by atoms with Crippen LogP contribution >= 0.6 is 0 Å². The molecule has 0 aliphatic carbocycles. The molecule has 0 unspecified atom stereocenters. The summed E-state index contributed by atoms with van der Waals surface area (Å²) in [6.45, 7) is 6.99. The first-order valence-corrected chi connectivity index (χ1v) is 6.46. The fourth-order valence-electron chi connectivity index (χ4n) is 2.67. The molecule has 19 heavy (non-hydrogen) atoms. The summed E-state index contributed by atoms with van der Waals surface area (Å²) < 4.78 is 1.86. The minimum Gasteiger partial charge on any atom is -0.873 e. The second-order valence-electron chi connectivity index (χ2n) is 5.86. The second-order valence-corrected chi connectivity index (χ2v) is 5.86. The molecule has 0 amide bonds. The maximum Gasteiger partial charge on any atom is 0.255 e. The van der Waals surface area contributed by atoms with Gasteiger partial charge in [-0.15, -0.1) is 0 Å². The minimum atomic E-state index is -0.201. The third-order valence-corrected chi connectivity index (χ3v) is 3.45. The summed E-state index contributed by atoms with van der Waals surface area (Å²) in [5, 5.41) is 11.4. The van der Waals surface area contributed by atoms with Crippen LogP contribution in [0.15, 0.2) is 42.3 Å². The van der Waals surface area contributed by atoms with Crippen molar-refractivity contribution in [1.82, 2.24) is 0 Å². The average molecular weight is 257 g/mol. The van der Waals surface area contributed by atoms with Crippen LogP contribution < -0.4 is 5.11 Å². The number of benzene rings is 1. The Labute approximate surface area is 113 Å². The van der Waals surface area contributed by atoms with E-state index in [9.17, 15) is 9.90 Å². The van der Waals surface area contributed by atoms with Gasteiger partial charge in [0.1, 0.15) is 0 Å². The van der Waals surface area contributed by atoms with E-state index in [0.717, 1.165) is 12.1 Å². The zero-order chi connectivity index (χ0) is 14.0. The van der Waals surface area contributed by atoms with Gasteiger partial charge in [0.15, 0.2) is 12.3 Å². The van der Waals surface area contributed by atoms with Gasteiger partial charge in [-0.3, -0.25) is 4.79 Å². The van der Waals surface area contributed by atoms with Gasteiger partial charge < -0.3 is 5.11 Å². The SMILES string of the molecule is CC1=[N+](/C(=C/[O-])C(=O)c2ccccc2)CC(C)(C)C1. The molecular formula is C16H19NO2. The van der Waals surface area contributed by atoms with Crippen LogP contribution in [0.5, 0.6) is 0 Å². The average Bonchev–Trinajstić information content (AvgIpc) is 2.65. The van der Waals surface area contributed by atoms with Crippen LogP contribution in [0.1, 0.15) is 37.6 Å². The predicted octanol–water partition coefficient (Wildman–Crippen LogP) is 1.97. The van der Waals surface area contributed by atoms with E-state index in [0.29, 0.717) is 18.4 Å². The Morgan fingerprint density at radius 3 is 2.42 bits per heavy atom. The molecule has 0 N–H and O–H groups in total. The van der Waals surface area contributed by atoms with Crippen molar-refractivity contribution in [2.24, 2.45) is 5.41 Å². The van der Waals surface area contributed by atoms with Crippen molar-refractivity contribution in [2.45, 2.75) is 27.2 Å². The first kappa shape index (κ1) is 13.5. The number of carbonyl (C=O) groups is 1. The largest absolute Gasteiger partial charge is 0.873 e. The second kappa shape index (κ2) is 5.00. The molecule has 0 saturated carbocycles. The van der Waals surface area contributed by atoms with E-state index in [1.807, 2.05) is 17.6 Å². The van der Waals surface area contributed by atoms with Gasteiger partial charge in [-0.05, 0) is 0 Å². The summed E-state index contributed by atoms with van der Waals surface area (Å²) >= 11 is 0. The number of Topliss-reactive ketones (excluding diaryl/α,β-unsaturated/α-hetero) is 1. The summed E-state index contributed by atoms with van der Waals surface area (Å²) in [5.41, 5.74) is 1.99. The molecule has 0 aromatic heterocycles. The van der Waals surface area contributed by atoms with Gasteiger partial charge in [0, 0.05) is 24.3 Å². The molecule has 1 aliphatic heterocycles. The number of hydrogen-bond acceptors (Lipinski definition) is 2. The van der Waals surface area contributed by atoms with Crippen LogP contribution in [0.2, 0.25) is 0 Å². The van der Waals surface area contributed by atoms with Gasteiger partial charge in [0.25, 0.3) is 5.78 Å². The lowest BCUT2D eigenvalue weighted by atomic mass is 9.90. The Kier molecular flexibility index (Phi) is 3.56. The van der Waals surface area contributed by atoms with Crippen LogP contribution in [0.3, 0.4) is 0 Å². The van der Waals surface area contributed by atoms with E-state index < -0.39 is 0 Å². The van der Waals surface area contributed by atoms with E-state index in [2.05, 4.69) is 13.8 Å². The lowest BCUT2D eigenvalue weighted by Crippen LogP contribution is -2.25. The van der Waals surface area contributed by atoms with Crippen LogP contribution in [-0.4, -0.2) is 22.6 Å². The van der Waals surface area contributed by atoms with E-state index in [-0.39, 0.29) is 16.9 Å². The monoisotopic (exact) mass is 257 g/mol. The Morgan fingerprint density at radius 1 is 1.32 bits per heavy atom. The number of rotatable bonds is 3. The van der Waals surface area contributed by atoms with Crippen LogP contribution in [-0.2, 0) is 0 Å². The highest BCUT2D eigenvalue weighted by molar-refractivity contribution is 6.07. The quantitative estimate of drug-likeness (QED) is 0.359. The lowest BCUT2D eigenvalue weighted by molar-refractivity contribution is -0.480. The molecule has 100 valence electrons. The number of ketones is 1. The highest BCUT2D eigenvalue weighted by Gasteiger charge is 2.38. The number of nitrogens with zero attached hydrogens (tertiary/aromatic N) is 1. The molecule has 3 nitrogen and oxygen atoms in total. The summed E-state index contributed by atoms with van der Waals surface area (Å²) in [4.78, 5) is 12.4. The molecule has 0 bridgehead atoms. The Hall–Kier alpha value is -1.90. The molecule has 0 radical (unpaired) electrons. The molecule has 0 saturated heterocycles. The van der Waals surface area contributed by atoms with E-state index in [1.165, 1.54) is 0 Å². The van der Waals surface area contributed by atoms with Crippen LogP contribution in [0.25, 0.3) is 0 Å². The predicted molar refractivity (Wildman–Crippen MR) is 73.1 cm³/mol. The van der Waals surface area contributed by atoms with E-state index in [4.69, 9.17) is 0 Å². The lowest BCUT2D eigenvalue weighted by Gasteiger charge is -2.12.